The van der Waals surface area contributed by atoms with Crippen LogP contribution >= 0.6 is 0 Å². The third-order valence-electron chi connectivity index (χ3n) is 3.80. The summed E-state index contributed by atoms with van der Waals surface area (Å²) >= 11 is 0. The summed E-state index contributed by atoms with van der Waals surface area (Å²) in [7, 11) is -1.26. The molecule has 2 aromatic heterocycles. The molecule has 0 atom stereocenters. The van der Waals surface area contributed by atoms with Crippen molar-refractivity contribution in [1.29, 1.82) is 0 Å². The minimum atomic E-state index is -1.26. The fourth-order valence-corrected chi connectivity index (χ4v) is 1.70. The monoisotopic (exact) mass is 292 g/mol. The second-order valence-electron chi connectivity index (χ2n) is 6.06. The van der Waals surface area contributed by atoms with Gasteiger partial charge in [-0.1, -0.05) is 0 Å². The zero-order valence-electron chi connectivity index (χ0n) is 13.0. The van der Waals surface area contributed by atoms with E-state index in [1.807, 2.05) is 6.92 Å². The van der Waals surface area contributed by atoms with Crippen molar-refractivity contribution in [2.75, 3.05) is 0 Å². The van der Waals surface area contributed by atoms with Gasteiger partial charge >= 0.3 is 7.12 Å². The fourth-order valence-electron chi connectivity index (χ4n) is 1.70. The Hall–Kier alpha value is -1.57. The maximum absolute atomic E-state index is 10.1. The largest absolute Gasteiger partial charge is 0.529 e. The van der Waals surface area contributed by atoms with Gasteiger partial charge in [-0.2, -0.15) is 0 Å². The Labute approximate surface area is 124 Å². The summed E-state index contributed by atoms with van der Waals surface area (Å²) in [4.78, 5) is 4.11. The number of aromatic nitrogens is 2. The third kappa shape index (κ3) is 3.20. The standard InChI is InChI=1S/C14H21BN2O4/c1-10-16-8-9-17(10)12-7-6-11(20-12)15(19)21-14(4,5)13(2,3)18/h6-9,18-19H,1-5H3. The van der Waals surface area contributed by atoms with Crippen LogP contribution in [0.25, 0.3) is 5.88 Å². The Kier molecular flexibility index (Phi) is 4.01. The maximum atomic E-state index is 10.1. The Morgan fingerprint density at radius 3 is 2.48 bits per heavy atom. The van der Waals surface area contributed by atoms with Crippen molar-refractivity contribution in [3.8, 4) is 5.88 Å². The molecule has 114 valence electrons. The molecule has 0 saturated heterocycles. The quantitative estimate of drug-likeness (QED) is 0.804. The Balaban J connectivity index is 2.17. The van der Waals surface area contributed by atoms with E-state index in [0.717, 1.165) is 5.82 Å². The molecule has 0 aliphatic carbocycles. The average Bonchev–Trinajstić information content (AvgIpc) is 2.94. The van der Waals surface area contributed by atoms with E-state index in [1.54, 1.807) is 56.8 Å². The summed E-state index contributed by atoms with van der Waals surface area (Å²) in [5.74, 6) is 1.33. The van der Waals surface area contributed by atoms with Gasteiger partial charge in [-0.05, 0) is 40.7 Å². The Morgan fingerprint density at radius 2 is 1.95 bits per heavy atom. The van der Waals surface area contributed by atoms with Crippen LogP contribution in [0.3, 0.4) is 0 Å². The Bertz CT molecular complexity index is 613. The van der Waals surface area contributed by atoms with Crippen LogP contribution in [0.5, 0.6) is 0 Å². The SMILES string of the molecule is Cc1nccn1-c1ccc(B(O)OC(C)(C)C(C)(C)O)o1. The lowest BCUT2D eigenvalue weighted by Gasteiger charge is -2.38. The first kappa shape index (κ1) is 15.8. The zero-order chi connectivity index (χ0) is 15.8. The highest BCUT2D eigenvalue weighted by Gasteiger charge is 2.40. The first-order valence-corrected chi connectivity index (χ1v) is 6.80. The molecule has 0 amide bonds. The molecule has 0 bridgehead atoms. The van der Waals surface area contributed by atoms with Gasteiger partial charge in [-0.25, -0.2) is 4.98 Å². The van der Waals surface area contributed by atoms with E-state index in [0.29, 0.717) is 5.88 Å². The molecular formula is C14H21BN2O4. The van der Waals surface area contributed by atoms with Crippen molar-refractivity contribution in [3.63, 3.8) is 0 Å². The predicted octanol–water partition coefficient (Wildman–Crippen LogP) is 1.03. The molecule has 0 unspecified atom stereocenters. The highest BCUT2D eigenvalue weighted by molar-refractivity contribution is 6.58. The highest BCUT2D eigenvalue weighted by Crippen LogP contribution is 2.25. The number of hydrogen-bond acceptors (Lipinski definition) is 5. The zero-order valence-corrected chi connectivity index (χ0v) is 13.0. The minimum Gasteiger partial charge on any atom is -0.448 e. The molecule has 0 aliphatic rings. The van der Waals surface area contributed by atoms with Crippen molar-refractivity contribution in [3.05, 3.63) is 30.4 Å². The molecule has 0 aromatic carbocycles. The van der Waals surface area contributed by atoms with Gasteiger partial charge < -0.3 is 19.2 Å². The summed E-state index contributed by atoms with van der Waals surface area (Å²) in [5.41, 5.74) is -1.77. The number of nitrogens with zero attached hydrogens (tertiary/aromatic N) is 2. The highest BCUT2D eigenvalue weighted by atomic mass is 16.6. The average molecular weight is 292 g/mol. The van der Waals surface area contributed by atoms with E-state index in [-0.39, 0.29) is 5.66 Å². The van der Waals surface area contributed by atoms with E-state index in [9.17, 15) is 10.1 Å². The van der Waals surface area contributed by atoms with Gasteiger partial charge in [0, 0.05) is 18.5 Å². The lowest BCUT2D eigenvalue weighted by molar-refractivity contribution is -0.0986. The van der Waals surface area contributed by atoms with Crippen LogP contribution in [0, 0.1) is 6.92 Å². The third-order valence-corrected chi connectivity index (χ3v) is 3.80. The van der Waals surface area contributed by atoms with Gasteiger partial charge in [0.2, 0.25) is 5.88 Å². The molecule has 0 saturated carbocycles. The van der Waals surface area contributed by atoms with Crippen LogP contribution in [0.15, 0.2) is 28.9 Å². The first-order chi connectivity index (χ1) is 9.62. The normalized spacial score (nSPS) is 12.7. The summed E-state index contributed by atoms with van der Waals surface area (Å²) in [6.45, 7) is 8.52. The Morgan fingerprint density at radius 1 is 1.29 bits per heavy atom. The van der Waals surface area contributed by atoms with Crippen LogP contribution in [0.1, 0.15) is 33.5 Å². The molecule has 0 radical (unpaired) electrons. The summed E-state index contributed by atoms with van der Waals surface area (Å²) in [6.07, 6.45) is 3.44. The second-order valence-corrected chi connectivity index (χ2v) is 6.06. The van der Waals surface area contributed by atoms with Crippen LogP contribution in [0.2, 0.25) is 0 Å². The lowest BCUT2D eigenvalue weighted by atomic mass is 9.81. The molecule has 2 aromatic rings. The van der Waals surface area contributed by atoms with Crippen molar-refractivity contribution >= 4 is 12.8 Å². The number of aryl methyl sites for hydroxylation is 1. The minimum absolute atomic E-state index is 0.274. The van der Waals surface area contributed by atoms with E-state index in [1.165, 1.54) is 0 Å². The molecule has 0 aliphatic heterocycles. The van der Waals surface area contributed by atoms with Crippen LogP contribution in [0.4, 0.5) is 0 Å². The second kappa shape index (κ2) is 5.33. The molecule has 2 heterocycles. The van der Waals surface area contributed by atoms with Gasteiger partial charge in [0.1, 0.15) is 11.5 Å². The number of imidazole rings is 1. The van der Waals surface area contributed by atoms with Crippen molar-refractivity contribution < 1.29 is 19.2 Å². The van der Waals surface area contributed by atoms with Crippen LogP contribution in [-0.2, 0) is 4.65 Å². The van der Waals surface area contributed by atoms with Gasteiger partial charge in [0.05, 0.1) is 11.2 Å². The lowest BCUT2D eigenvalue weighted by Crippen LogP contribution is -2.52. The van der Waals surface area contributed by atoms with E-state index < -0.39 is 18.3 Å². The fraction of sp³-hybridized carbons (Fsp3) is 0.500. The molecule has 2 N–H and O–H groups in total. The van der Waals surface area contributed by atoms with Crippen LogP contribution < -0.4 is 5.66 Å². The first-order valence-electron chi connectivity index (χ1n) is 6.80. The van der Waals surface area contributed by atoms with Gasteiger partial charge in [-0.15, -0.1) is 0 Å². The number of hydrogen-bond donors (Lipinski definition) is 2. The van der Waals surface area contributed by atoms with Crippen molar-refractivity contribution in [2.45, 2.75) is 45.8 Å². The molecule has 0 spiro atoms. The predicted molar refractivity (Wildman–Crippen MR) is 79.6 cm³/mol. The van der Waals surface area contributed by atoms with Gasteiger partial charge in [-0.3, -0.25) is 4.57 Å². The molecular weight excluding hydrogens is 271 g/mol. The molecule has 6 nitrogen and oxygen atoms in total. The topological polar surface area (TPSA) is 80.7 Å². The molecule has 21 heavy (non-hydrogen) atoms. The van der Waals surface area contributed by atoms with E-state index in [4.69, 9.17) is 9.07 Å². The number of furan rings is 1. The molecule has 0 fully saturated rings. The maximum Gasteiger partial charge on any atom is 0.529 e. The summed E-state index contributed by atoms with van der Waals surface area (Å²) in [5, 5.41) is 20.2. The smallest absolute Gasteiger partial charge is 0.448 e. The van der Waals surface area contributed by atoms with Crippen LogP contribution in [-0.4, -0.2) is 38.0 Å². The number of aliphatic hydroxyl groups is 1. The van der Waals surface area contributed by atoms with Gasteiger partial charge in [0.25, 0.3) is 0 Å². The van der Waals surface area contributed by atoms with Crippen molar-refractivity contribution in [2.24, 2.45) is 0 Å². The summed E-state index contributed by atoms with van der Waals surface area (Å²) in [6, 6.07) is 3.37. The van der Waals surface area contributed by atoms with E-state index >= 15 is 0 Å². The summed E-state index contributed by atoms with van der Waals surface area (Å²) < 4.78 is 12.9. The molecule has 2 rings (SSSR count). The molecule has 7 heteroatoms. The van der Waals surface area contributed by atoms with E-state index in [2.05, 4.69) is 4.98 Å². The number of rotatable bonds is 5. The van der Waals surface area contributed by atoms with Crippen molar-refractivity contribution in [1.82, 2.24) is 9.55 Å². The van der Waals surface area contributed by atoms with Gasteiger partial charge in [0.15, 0.2) is 0 Å².